The maximum absolute atomic E-state index is 12.0. The second-order valence-electron chi connectivity index (χ2n) is 4.80. The average molecular weight is 270 g/mol. The molecule has 2 aromatic rings. The van der Waals surface area contributed by atoms with Gasteiger partial charge in [-0.05, 0) is 31.4 Å². The van der Waals surface area contributed by atoms with E-state index in [1.165, 1.54) is 12.7 Å². The lowest BCUT2D eigenvalue weighted by Gasteiger charge is -2.29. The van der Waals surface area contributed by atoms with Crippen LogP contribution in [-0.2, 0) is 0 Å². The van der Waals surface area contributed by atoms with Gasteiger partial charge in [-0.25, -0.2) is 4.79 Å². The maximum Gasteiger partial charge on any atom is 0.356 e. The molecule has 0 atom stereocenters. The summed E-state index contributed by atoms with van der Waals surface area (Å²) in [6, 6.07) is 7.14. The van der Waals surface area contributed by atoms with Gasteiger partial charge in [0.25, 0.3) is 0 Å². The van der Waals surface area contributed by atoms with Crippen LogP contribution in [0, 0.1) is 11.3 Å². The summed E-state index contributed by atoms with van der Waals surface area (Å²) >= 11 is 0. The highest BCUT2D eigenvalue weighted by Crippen LogP contribution is 2.27. The van der Waals surface area contributed by atoms with Crippen molar-refractivity contribution in [1.82, 2.24) is 0 Å². The Morgan fingerprint density at radius 1 is 1.20 bits per heavy atom. The second-order valence-corrected chi connectivity index (χ2v) is 4.80. The van der Waals surface area contributed by atoms with E-state index in [2.05, 4.69) is 4.90 Å². The minimum Gasteiger partial charge on any atom is -0.461 e. The summed E-state index contributed by atoms with van der Waals surface area (Å²) in [5, 5.41) is 9.19. The van der Waals surface area contributed by atoms with E-state index in [0.29, 0.717) is 17.2 Å². The monoisotopic (exact) mass is 270 g/mol. The van der Waals surface area contributed by atoms with Crippen LogP contribution in [0.1, 0.15) is 24.8 Å². The molecule has 1 saturated heterocycles. The molecule has 2 aromatic heterocycles. The minimum absolute atomic E-state index is 0.0715. The minimum atomic E-state index is -0.609. The number of anilines is 1. The van der Waals surface area contributed by atoms with Gasteiger partial charge in [0.1, 0.15) is 6.07 Å². The lowest BCUT2D eigenvalue weighted by Crippen LogP contribution is -2.31. The molecule has 0 spiro atoms. The number of furan rings is 1. The zero-order chi connectivity index (χ0) is 13.9. The Morgan fingerprint density at radius 3 is 2.65 bits per heavy atom. The van der Waals surface area contributed by atoms with Crippen LogP contribution >= 0.6 is 0 Å². The quantitative estimate of drug-likeness (QED) is 0.839. The number of piperidine rings is 1. The maximum atomic E-state index is 12.0. The van der Waals surface area contributed by atoms with E-state index in [-0.39, 0.29) is 5.56 Å². The van der Waals surface area contributed by atoms with Crippen molar-refractivity contribution in [3.63, 3.8) is 0 Å². The molecule has 5 heteroatoms. The third-order valence-electron chi connectivity index (χ3n) is 3.50. The third-order valence-corrected chi connectivity index (χ3v) is 3.50. The fourth-order valence-corrected chi connectivity index (χ4v) is 2.51. The number of rotatable bonds is 2. The van der Waals surface area contributed by atoms with Gasteiger partial charge in [0, 0.05) is 19.2 Å². The Labute approximate surface area is 116 Å². The molecule has 0 aliphatic carbocycles. The second kappa shape index (κ2) is 5.25. The number of nitrogens with zero attached hydrogens (tertiary/aromatic N) is 2. The zero-order valence-electron chi connectivity index (χ0n) is 11.0. The van der Waals surface area contributed by atoms with E-state index in [4.69, 9.17) is 8.83 Å². The Balaban J connectivity index is 2.11. The SMILES string of the molecule is N#Cc1c(N2CCCCC2)cc(-c2ccco2)oc1=O. The van der Waals surface area contributed by atoms with Gasteiger partial charge in [0.2, 0.25) is 0 Å². The van der Waals surface area contributed by atoms with Gasteiger partial charge in [0.15, 0.2) is 17.1 Å². The molecule has 0 radical (unpaired) electrons. The van der Waals surface area contributed by atoms with Crippen molar-refractivity contribution in [2.24, 2.45) is 0 Å². The van der Waals surface area contributed by atoms with Gasteiger partial charge < -0.3 is 13.7 Å². The number of hydrogen-bond acceptors (Lipinski definition) is 5. The van der Waals surface area contributed by atoms with Crippen molar-refractivity contribution in [3.05, 3.63) is 40.4 Å². The molecule has 0 amide bonds. The summed E-state index contributed by atoms with van der Waals surface area (Å²) in [6.07, 6.45) is 4.85. The van der Waals surface area contributed by atoms with E-state index >= 15 is 0 Å². The Hall–Kier alpha value is -2.48. The van der Waals surface area contributed by atoms with Crippen LogP contribution < -0.4 is 10.5 Å². The largest absolute Gasteiger partial charge is 0.461 e. The van der Waals surface area contributed by atoms with E-state index in [9.17, 15) is 10.1 Å². The first-order valence-corrected chi connectivity index (χ1v) is 6.66. The topological polar surface area (TPSA) is 70.4 Å². The highest BCUT2D eigenvalue weighted by atomic mass is 16.4. The Kier molecular flexibility index (Phi) is 3.30. The van der Waals surface area contributed by atoms with Crippen molar-refractivity contribution in [1.29, 1.82) is 5.26 Å². The molecule has 1 fully saturated rings. The predicted octanol–water partition coefficient (Wildman–Crippen LogP) is 2.76. The van der Waals surface area contributed by atoms with E-state index < -0.39 is 5.63 Å². The van der Waals surface area contributed by atoms with E-state index in [0.717, 1.165) is 25.9 Å². The van der Waals surface area contributed by atoms with Crippen molar-refractivity contribution >= 4 is 5.69 Å². The molecule has 5 nitrogen and oxygen atoms in total. The molecule has 0 unspecified atom stereocenters. The van der Waals surface area contributed by atoms with E-state index in [1.807, 2.05) is 6.07 Å². The van der Waals surface area contributed by atoms with Crippen LogP contribution in [-0.4, -0.2) is 13.1 Å². The lowest BCUT2D eigenvalue weighted by molar-refractivity contribution is 0.487. The summed E-state index contributed by atoms with van der Waals surface area (Å²) in [5.41, 5.74) is 0.110. The highest BCUT2D eigenvalue weighted by molar-refractivity contribution is 5.65. The predicted molar refractivity (Wildman–Crippen MR) is 73.5 cm³/mol. The summed E-state index contributed by atoms with van der Waals surface area (Å²) in [7, 11) is 0. The van der Waals surface area contributed by atoms with Crippen LogP contribution in [0.3, 0.4) is 0 Å². The van der Waals surface area contributed by atoms with Gasteiger partial charge >= 0.3 is 5.63 Å². The number of nitriles is 1. The summed E-state index contributed by atoms with van der Waals surface area (Å²) in [6.45, 7) is 1.71. The molecule has 0 saturated carbocycles. The van der Waals surface area contributed by atoms with Gasteiger partial charge in [-0.1, -0.05) is 0 Å². The van der Waals surface area contributed by atoms with Crippen LogP contribution in [0.5, 0.6) is 0 Å². The van der Waals surface area contributed by atoms with Crippen LogP contribution in [0.4, 0.5) is 5.69 Å². The first-order valence-electron chi connectivity index (χ1n) is 6.66. The molecule has 3 heterocycles. The first-order chi connectivity index (χ1) is 9.79. The van der Waals surface area contributed by atoms with Crippen LogP contribution in [0.25, 0.3) is 11.5 Å². The fraction of sp³-hybridized carbons (Fsp3) is 0.333. The molecular weight excluding hydrogens is 256 g/mol. The van der Waals surface area contributed by atoms with Crippen molar-refractivity contribution in [3.8, 4) is 17.6 Å². The van der Waals surface area contributed by atoms with Crippen LogP contribution in [0.15, 0.2) is 38.1 Å². The third kappa shape index (κ3) is 2.21. The molecule has 0 aromatic carbocycles. The zero-order valence-corrected chi connectivity index (χ0v) is 11.0. The summed E-state index contributed by atoms with van der Waals surface area (Å²) in [4.78, 5) is 14.0. The van der Waals surface area contributed by atoms with Crippen molar-refractivity contribution in [2.45, 2.75) is 19.3 Å². The Bertz CT molecular complexity index is 689. The normalized spacial score (nSPS) is 15.1. The van der Waals surface area contributed by atoms with Crippen molar-refractivity contribution in [2.75, 3.05) is 18.0 Å². The van der Waals surface area contributed by atoms with Gasteiger partial charge in [-0.2, -0.15) is 5.26 Å². The molecule has 1 aliphatic rings. The summed E-state index contributed by atoms with van der Waals surface area (Å²) < 4.78 is 10.4. The smallest absolute Gasteiger partial charge is 0.356 e. The fourth-order valence-electron chi connectivity index (χ4n) is 2.51. The molecule has 102 valence electrons. The first kappa shape index (κ1) is 12.5. The van der Waals surface area contributed by atoms with Crippen LogP contribution in [0.2, 0.25) is 0 Å². The molecule has 0 bridgehead atoms. The lowest BCUT2D eigenvalue weighted by atomic mass is 10.1. The van der Waals surface area contributed by atoms with E-state index in [1.54, 1.807) is 18.2 Å². The Morgan fingerprint density at radius 2 is 2.00 bits per heavy atom. The standard InChI is InChI=1S/C15H14N2O3/c16-10-11-12(17-6-2-1-3-7-17)9-14(20-15(11)18)13-5-4-8-19-13/h4-5,8-9H,1-3,6-7H2. The van der Waals surface area contributed by atoms with Gasteiger partial charge in [0.05, 0.1) is 12.0 Å². The molecular formula is C15H14N2O3. The number of hydrogen-bond donors (Lipinski definition) is 0. The van der Waals surface area contributed by atoms with Gasteiger partial charge in [-0.3, -0.25) is 0 Å². The molecule has 0 N–H and O–H groups in total. The molecule has 1 aliphatic heterocycles. The van der Waals surface area contributed by atoms with Crippen molar-refractivity contribution < 1.29 is 8.83 Å². The molecule has 3 rings (SSSR count). The highest BCUT2D eigenvalue weighted by Gasteiger charge is 2.20. The molecule has 20 heavy (non-hydrogen) atoms. The van der Waals surface area contributed by atoms with Gasteiger partial charge in [-0.15, -0.1) is 0 Å². The average Bonchev–Trinajstić information content (AvgIpc) is 3.01. The summed E-state index contributed by atoms with van der Waals surface area (Å²) in [5.74, 6) is 0.851.